The van der Waals surface area contributed by atoms with E-state index in [1.54, 1.807) is 4.68 Å². The van der Waals surface area contributed by atoms with Crippen molar-refractivity contribution in [1.82, 2.24) is 9.78 Å². The van der Waals surface area contributed by atoms with Gasteiger partial charge in [-0.1, -0.05) is 6.42 Å². The van der Waals surface area contributed by atoms with Crippen LogP contribution in [0.25, 0.3) is 0 Å². The van der Waals surface area contributed by atoms with Gasteiger partial charge in [-0.25, -0.2) is 0 Å². The molecule has 0 spiro atoms. The van der Waals surface area contributed by atoms with E-state index in [-0.39, 0.29) is 17.9 Å². The summed E-state index contributed by atoms with van der Waals surface area (Å²) in [6.45, 7) is 0.795. The third kappa shape index (κ3) is 1.68. The average Bonchev–Trinajstić information content (AvgIpc) is 2.58. The van der Waals surface area contributed by atoms with E-state index < -0.39 is 0 Å². The van der Waals surface area contributed by atoms with E-state index in [0.717, 1.165) is 18.5 Å². The van der Waals surface area contributed by atoms with E-state index in [0.29, 0.717) is 6.54 Å². The van der Waals surface area contributed by atoms with Gasteiger partial charge in [-0.15, -0.1) is 0 Å². The van der Waals surface area contributed by atoms with Gasteiger partial charge in [-0.2, -0.15) is 5.10 Å². The number of rotatable bonds is 4. The zero-order valence-electron chi connectivity index (χ0n) is 9.19. The van der Waals surface area contributed by atoms with Crippen molar-refractivity contribution in [2.24, 2.45) is 18.2 Å². The Kier molecular flexibility index (Phi) is 2.80. The second kappa shape index (κ2) is 3.94. The minimum Gasteiger partial charge on any atom is -0.396 e. The Morgan fingerprint density at radius 1 is 1.67 bits per heavy atom. The summed E-state index contributed by atoms with van der Waals surface area (Å²) >= 11 is 0. The van der Waals surface area contributed by atoms with Gasteiger partial charge in [0.2, 0.25) is 0 Å². The highest BCUT2D eigenvalue weighted by atomic mass is 16.3. The molecule has 1 aliphatic rings. The molecular weight excluding hydrogens is 190 g/mol. The predicted molar refractivity (Wildman–Crippen MR) is 58.4 cm³/mol. The lowest BCUT2D eigenvalue weighted by molar-refractivity contribution is 0.0178. The Morgan fingerprint density at radius 3 is 2.73 bits per heavy atom. The quantitative estimate of drug-likeness (QED) is 0.764. The Hall–Kier alpha value is -0.870. The molecule has 15 heavy (non-hydrogen) atoms. The van der Waals surface area contributed by atoms with Gasteiger partial charge in [0.1, 0.15) is 0 Å². The molecule has 0 bridgehead atoms. The van der Waals surface area contributed by atoms with E-state index in [9.17, 15) is 5.11 Å². The molecule has 84 valence electrons. The SMILES string of the molecule is Cn1ccc(C(CN)C2(CO)CCC2)n1. The van der Waals surface area contributed by atoms with E-state index in [1.807, 2.05) is 19.3 Å². The van der Waals surface area contributed by atoms with Crippen LogP contribution in [0, 0.1) is 5.41 Å². The molecule has 1 unspecified atom stereocenters. The number of aliphatic hydroxyl groups is 1. The van der Waals surface area contributed by atoms with Crippen LogP contribution < -0.4 is 5.73 Å². The van der Waals surface area contributed by atoms with Crippen LogP contribution in [-0.2, 0) is 7.05 Å². The van der Waals surface area contributed by atoms with Crippen LogP contribution in [0.3, 0.4) is 0 Å². The fraction of sp³-hybridized carbons (Fsp3) is 0.727. The van der Waals surface area contributed by atoms with E-state index in [2.05, 4.69) is 5.10 Å². The average molecular weight is 209 g/mol. The van der Waals surface area contributed by atoms with Crippen molar-refractivity contribution in [3.8, 4) is 0 Å². The summed E-state index contributed by atoms with van der Waals surface area (Å²) in [4.78, 5) is 0. The monoisotopic (exact) mass is 209 g/mol. The number of nitrogens with zero attached hydrogens (tertiary/aromatic N) is 2. The molecule has 2 rings (SSSR count). The van der Waals surface area contributed by atoms with Crippen molar-refractivity contribution in [2.75, 3.05) is 13.2 Å². The smallest absolute Gasteiger partial charge is 0.0674 e. The summed E-state index contributed by atoms with van der Waals surface area (Å²) in [6.07, 6.45) is 5.27. The molecule has 1 aromatic heterocycles. The van der Waals surface area contributed by atoms with Gasteiger partial charge in [-0.3, -0.25) is 4.68 Å². The Balaban J connectivity index is 2.23. The molecule has 4 nitrogen and oxygen atoms in total. The molecule has 4 heteroatoms. The molecule has 0 radical (unpaired) electrons. The third-order valence-electron chi connectivity index (χ3n) is 3.73. The van der Waals surface area contributed by atoms with E-state index in [4.69, 9.17) is 5.73 Å². The van der Waals surface area contributed by atoms with Gasteiger partial charge < -0.3 is 10.8 Å². The number of aromatic nitrogens is 2. The van der Waals surface area contributed by atoms with Crippen molar-refractivity contribution in [2.45, 2.75) is 25.2 Å². The number of nitrogens with two attached hydrogens (primary N) is 1. The largest absolute Gasteiger partial charge is 0.396 e. The zero-order valence-corrected chi connectivity index (χ0v) is 9.19. The topological polar surface area (TPSA) is 64.1 Å². The number of aryl methyl sites for hydroxylation is 1. The molecule has 1 saturated carbocycles. The molecule has 3 N–H and O–H groups in total. The highest BCUT2D eigenvalue weighted by molar-refractivity contribution is 5.14. The maximum Gasteiger partial charge on any atom is 0.0674 e. The van der Waals surface area contributed by atoms with Crippen molar-refractivity contribution in [1.29, 1.82) is 0 Å². The van der Waals surface area contributed by atoms with Crippen LogP contribution in [-0.4, -0.2) is 28.0 Å². The maximum absolute atomic E-state index is 9.52. The molecule has 0 amide bonds. The van der Waals surface area contributed by atoms with Crippen LogP contribution in [0.1, 0.15) is 30.9 Å². The van der Waals surface area contributed by atoms with Gasteiger partial charge >= 0.3 is 0 Å². The first-order valence-corrected chi connectivity index (χ1v) is 5.52. The Bertz CT molecular complexity index is 325. The molecule has 1 heterocycles. The highest BCUT2D eigenvalue weighted by Gasteiger charge is 2.44. The summed E-state index contributed by atoms with van der Waals surface area (Å²) in [5.41, 5.74) is 6.85. The van der Waals surface area contributed by atoms with Gasteiger partial charge in [0.25, 0.3) is 0 Å². The van der Waals surface area contributed by atoms with Gasteiger partial charge in [0.05, 0.1) is 5.69 Å². The lowest BCUT2D eigenvalue weighted by Gasteiger charge is -2.45. The lowest BCUT2D eigenvalue weighted by atomic mass is 9.60. The minimum absolute atomic E-state index is 0.00308. The van der Waals surface area contributed by atoms with Crippen molar-refractivity contribution in [3.05, 3.63) is 18.0 Å². The van der Waals surface area contributed by atoms with Crippen LogP contribution in [0.2, 0.25) is 0 Å². The summed E-state index contributed by atoms with van der Waals surface area (Å²) in [5, 5.41) is 13.9. The zero-order chi connectivity index (χ0) is 10.9. The summed E-state index contributed by atoms with van der Waals surface area (Å²) < 4.78 is 1.79. The fourth-order valence-corrected chi connectivity index (χ4v) is 2.55. The van der Waals surface area contributed by atoms with E-state index in [1.165, 1.54) is 6.42 Å². The molecule has 0 aliphatic heterocycles. The summed E-state index contributed by atoms with van der Waals surface area (Å²) in [6, 6.07) is 2.01. The lowest BCUT2D eigenvalue weighted by Crippen LogP contribution is -2.42. The molecule has 1 aromatic rings. The van der Waals surface area contributed by atoms with Gasteiger partial charge in [0.15, 0.2) is 0 Å². The Morgan fingerprint density at radius 2 is 2.40 bits per heavy atom. The second-order valence-corrected chi connectivity index (χ2v) is 4.58. The third-order valence-corrected chi connectivity index (χ3v) is 3.73. The van der Waals surface area contributed by atoms with Crippen molar-refractivity contribution >= 4 is 0 Å². The highest BCUT2D eigenvalue weighted by Crippen LogP contribution is 2.50. The molecule has 1 fully saturated rings. The summed E-state index contributed by atoms with van der Waals surface area (Å²) in [7, 11) is 1.91. The molecular formula is C11H19N3O. The van der Waals surface area contributed by atoms with Gasteiger partial charge in [0, 0.05) is 37.7 Å². The number of hydrogen-bond donors (Lipinski definition) is 2. The molecule has 1 aliphatic carbocycles. The molecule has 0 saturated heterocycles. The van der Waals surface area contributed by atoms with Gasteiger partial charge in [-0.05, 0) is 18.9 Å². The molecule has 0 aromatic carbocycles. The first-order valence-electron chi connectivity index (χ1n) is 5.52. The number of hydrogen-bond acceptors (Lipinski definition) is 3. The fourth-order valence-electron chi connectivity index (χ4n) is 2.55. The molecule has 1 atom stereocenters. The van der Waals surface area contributed by atoms with Crippen LogP contribution >= 0.6 is 0 Å². The van der Waals surface area contributed by atoms with Crippen molar-refractivity contribution < 1.29 is 5.11 Å². The first kappa shape index (κ1) is 10.6. The standard InChI is InChI=1S/C11H19N3O/c1-14-6-3-10(13-14)9(7-12)11(8-15)4-2-5-11/h3,6,9,15H,2,4-5,7-8,12H2,1H3. The Labute approximate surface area is 90.1 Å². The first-order chi connectivity index (χ1) is 7.22. The van der Waals surface area contributed by atoms with Crippen LogP contribution in [0.15, 0.2) is 12.3 Å². The van der Waals surface area contributed by atoms with Crippen molar-refractivity contribution in [3.63, 3.8) is 0 Å². The van der Waals surface area contributed by atoms with Crippen LogP contribution in [0.4, 0.5) is 0 Å². The predicted octanol–water partition coefficient (Wildman–Crippen LogP) is 0.625. The minimum atomic E-state index is 0.00308. The number of aliphatic hydroxyl groups excluding tert-OH is 1. The maximum atomic E-state index is 9.52. The van der Waals surface area contributed by atoms with E-state index >= 15 is 0 Å². The van der Waals surface area contributed by atoms with Crippen LogP contribution in [0.5, 0.6) is 0 Å². The summed E-state index contributed by atoms with van der Waals surface area (Å²) in [5.74, 6) is 0.206. The normalized spacial score (nSPS) is 21.0. The second-order valence-electron chi connectivity index (χ2n) is 4.58.